The second-order valence-electron chi connectivity index (χ2n) is 3.23. The molecular weight excluding hydrogens is 188 g/mol. The fraction of sp³-hybridized carbons (Fsp3) is 0.333. The van der Waals surface area contributed by atoms with E-state index in [-0.39, 0.29) is 0 Å². The van der Waals surface area contributed by atoms with Gasteiger partial charge < -0.3 is 4.74 Å². The first kappa shape index (κ1) is 11.3. The molecule has 0 aliphatic rings. The highest BCUT2D eigenvalue weighted by Gasteiger charge is 2.00. The zero-order chi connectivity index (χ0) is 11.1. The summed E-state index contributed by atoms with van der Waals surface area (Å²) >= 11 is 0. The molecule has 3 nitrogen and oxygen atoms in total. The molecule has 0 bridgehead atoms. The van der Waals surface area contributed by atoms with Gasteiger partial charge in [-0.15, -0.1) is 6.58 Å². The van der Waals surface area contributed by atoms with Crippen LogP contribution in [0.1, 0.15) is 24.1 Å². The lowest BCUT2D eigenvalue weighted by Crippen LogP contribution is -1.99. The van der Waals surface area contributed by atoms with Gasteiger partial charge >= 0.3 is 0 Å². The third-order valence-corrected chi connectivity index (χ3v) is 1.86. The number of aromatic nitrogens is 1. The van der Waals surface area contributed by atoms with E-state index >= 15 is 0 Å². The molecule has 1 rings (SSSR count). The van der Waals surface area contributed by atoms with Crippen molar-refractivity contribution in [2.24, 2.45) is 0 Å². The number of unbranched alkanes of at least 4 members (excludes halogenated alkanes) is 1. The highest BCUT2D eigenvalue weighted by atomic mass is 16.5. The van der Waals surface area contributed by atoms with Gasteiger partial charge in [0.1, 0.15) is 0 Å². The third kappa shape index (κ3) is 3.82. The van der Waals surface area contributed by atoms with Gasteiger partial charge in [-0.25, -0.2) is 4.98 Å². The number of rotatable bonds is 5. The molecule has 0 spiro atoms. The van der Waals surface area contributed by atoms with Gasteiger partial charge in [-0.2, -0.15) is 5.26 Å². The highest BCUT2D eigenvalue weighted by molar-refractivity contribution is 5.33. The summed E-state index contributed by atoms with van der Waals surface area (Å²) < 4.78 is 5.42. The molecule has 1 aromatic heterocycles. The number of hydrogen-bond donors (Lipinski definition) is 0. The average Bonchev–Trinajstić information content (AvgIpc) is 2.23. The smallest absolute Gasteiger partial charge is 0.214 e. The van der Waals surface area contributed by atoms with E-state index in [1.165, 1.54) is 0 Å². The molecule has 0 aliphatic heterocycles. The largest absolute Gasteiger partial charge is 0.478 e. The number of aryl methyl sites for hydroxylation is 1. The van der Waals surface area contributed by atoms with Crippen molar-refractivity contribution >= 4 is 0 Å². The summed E-state index contributed by atoms with van der Waals surface area (Å²) in [7, 11) is 0. The average molecular weight is 202 g/mol. The van der Waals surface area contributed by atoms with Crippen molar-refractivity contribution in [2.45, 2.75) is 19.8 Å². The monoisotopic (exact) mass is 202 g/mol. The van der Waals surface area contributed by atoms with Gasteiger partial charge in [0.15, 0.2) is 0 Å². The predicted molar refractivity (Wildman–Crippen MR) is 58.6 cm³/mol. The van der Waals surface area contributed by atoms with Crippen molar-refractivity contribution in [3.05, 3.63) is 36.0 Å². The van der Waals surface area contributed by atoms with Gasteiger partial charge in [0.25, 0.3) is 0 Å². The zero-order valence-corrected chi connectivity index (χ0v) is 8.86. The molecule has 15 heavy (non-hydrogen) atoms. The molecule has 0 N–H and O–H groups in total. The van der Waals surface area contributed by atoms with Crippen molar-refractivity contribution in [3.63, 3.8) is 0 Å². The second kappa shape index (κ2) is 5.82. The van der Waals surface area contributed by atoms with Crippen LogP contribution in [0.5, 0.6) is 5.88 Å². The van der Waals surface area contributed by atoms with Crippen molar-refractivity contribution in [3.8, 4) is 11.9 Å². The third-order valence-electron chi connectivity index (χ3n) is 1.86. The lowest BCUT2D eigenvalue weighted by molar-refractivity contribution is 0.299. The van der Waals surface area contributed by atoms with Gasteiger partial charge in [0.2, 0.25) is 5.88 Å². The Hall–Kier alpha value is -1.82. The van der Waals surface area contributed by atoms with Crippen LogP contribution in [0, 0.1) is 18.3 Å². The van der Waals surface area contributed by atoms with Crippen molar-refractivity contribution in [1.82, 2.24) is 4.98 Å². The molecule has 78 valence electrons. The Bertz CT molecular complexity index is 380. The number of hydrogen-bond acceptors (Lipinski definition) is 3. The first-order valence-electron chi connectivity index (χ1n) is 4.88. The molecular formula is C12H14N2O. The van der Waals surface area contributed by atoms with Crippen LogP contribution in [-0.4, -0.2) is 11.6 Å². The minimum Gasteiger partial charge on any atom is -0.478 e. The van der Waals surface area contributed by atoms with Gasteiger partial charge in [0, 0.05) is 11.8 Å². The van der Waals surface area contributed by atoms with E-state index in [0.29, 0.717) is 18.1 Å². The normalized spacial score (nSPS) is 9.33. The molecule has 3 heteroatoms. The summed E-state index contributed by atoms with van der Waals surface area (Å²) in [5, 5.41) is 8.75. The van der Waals surface area contributed by atoms with Gasteiger partial charge in [0.05, 0.1) is 18.2 Å². The maximum absolute atomic E-state index is 8.75. The Morgan fingerprint density at radius 2 is 2.40 bits per heavy atom. The first-order valence-corrected chi connectivity index (χ1v) is 4.88. The van der Waals surface area contributed by atoms with Crippen LogP contribution in [0.4, 0.5) is 0 Å². The maximum Gasteiger partial charge on any atom is 0.214 e. The van der Waals surface area contributed by atoms with Crippen LogP contribution in [0.25, 0.3) is 0 Å². The number of ether oxygens (including phenoxy) is 1. The predicted octanol–water partition coefficient (Wildman–Crippen LogP) is 2.61. The van der Waals surface area contributed by atoms with E-state index < -0.39 is 0 Å². The molecule has 0 amide bonds. The second-order valence-corrected chi connectivity index (χ2v) is 3.23. The van der Waals surface area contributed by atoms with Crippen LogP contribution in [0.15, 0.2) is 24.8 Å². The van der Waals surface area contributed by atoms with Gasteiger partial charge in [-0.05, 0) is 25.8 Å². The number of allylic oxidation sites excluding steroid dienone is 1. The van der Waals surface area contributed by atoms with Crippen LogP contribution < -0.4 is 4.74 Å². The summed E-state index contributed by atoms with van der Waals surface area (Å²) in [5.41, 5.74) is 1.38. The van der Waals surface area contributed by atoms with Crippen molar-refractivity contribution in [1.29, 1.82) is 5.26 Å². The number of nitrogens with zero attached hydrogens (tertiary/aromatic N) is 2. The summed E-state index contributed by atoms with van der Waals surface area (Å²) in [5.74, 6) is 0.524. The zero-order valence-electron chi connectivity index (χ0n) is 8.86. The van der Waals surface area contributed by atoms with E-state index in [1.807, 2.05) is 13.0 Å². The van der Waals surface area contributed by atoms with Gasteiger partial charge in [-0.3, -0.25) is 0 Å². The minimum atomic E-state index is 0.524. The van der Waals surface area contributed by atoms with E-state index in [4.69, 9.17) is 10.00 Å². The minimum absolute atomic E-state index is 0.524. The Morgan fingerprint density at radius 3 is 3.07 bits per heavy atom. The molecule has 0 saturated carbocycles. The summed E-state index contributed by atoms with van der Waals surface area (Å²) in [6, 6.07) is 5.46. The molecule has 0 saturated heterocycles. The van der Waals surface area contributed by atoms with Crippen LogP contribution in [0.2, 0.25) is 0 Å². The molecule has 0 unspecified atom stereocenters. The molecule has 0 aromatic carbocycles. The fourth-order valence-electron chi connectivity index (χ4n) is 1.18. The van der Waals surface area contributed by atoms with E-state index in [0.717, 1.165) is 18.5 Å². The van der Waals surface area contributed by atoms with Crippen molar-refractivity contribution in [2.75, 3.05) is 6.61 Å². The fourth-order valence-corrected chi connectivity index (χ4v) is 1.18. The Morgan fingerprint density at radius 1 is 1.60 bits per heavy atom. The summed E-state index contributed by atoms with van der Waals surface area (Å²) in [4.78, 5) is 4.18. The number of pyridine rings is 1. The topological polar surface area (TPSA) is 45.9 Å². The molecule has 0 aliphatic carbocycles. The van der Waals surface area contributed by atoms with Crippen LogP contribution in [0.3, 0.4) is 0 Å². The molecule has 0 atom stereocenters. The highest BCUT2D eigenvalue weighted by Crippen LogP contribution is 2.11. The number of nitriles is 1. The lowest BCUT2D eigenvalue weighted by atomic mass is 10.2. The Kier molecular flexibility index (Phi) is 4.36. The van der Waals surface area contributed by atoms with Crippen LogP contribution >= 0.6 is 0 Å². The standard InChI is InChI=1S/C12H14N2O/c1-3-4-5-6-15-12-8-11(9-13)7-10(2)14-12/h3,7-8H,1,4-6H2,2H3. The maximum atomic E-state index is 8.75. The van der Waals surface area contributed by atoms with Gasteiger partial charge in [-0.1, -0.05) is 6.08 Å². The molecule has 0 radical (unpaired) electrons. The Balaban J connectivity index is 2.57. The Labute approximate surface area is 90.0 Å². The SMILES string of the molecule is C=CCCCOc1cc(C#N)cc(C)n1. The van der Waals surface area contributed by atoms with E-state index in [1.54, 1.807) is 12.1 Å². The van der Waals surface area contributed by atoms with Crippen LogP contribution in [-0.2, 0) is 0 Å². The lowest BCUT2D eigenvalue weighted by Gasteiger charge is -2.05. The molecule has 0 fully saturated rings. The summed E-state index contributed by atoms with van der Waals surface area (Å²) in [6.45, 7) is 6.08. The summed E-state index contributed by atoms with van der Waals surface area (Å²) in [6.07, 6.45) is 3.70. The van der Waals surface area contributed by atoms with E-state index in [2.05, 4.69) is 17.6 Å². The van der Waals surface area contributed by atoms with Crippen molar-refractivity contribution < 1.29 is 4.74 Å². The first-order chi connectivity index (χ1) is 7.26. The molecule has 1 heterocycles. The van der Waals surface area contributed by atoms with E-state index in [9.17, 15) is 0 Å². The molecule has 1 aromatic rings. The quantitative estimate of drug-likeness (QED) is 0.544.